The Morgan fingerprint density at radius 3 is 2.25 bits per heavy atom. The third kappa shape index (κ3) is 2.28. The molecule has 5 rings (SSSR count). The standard InChI is InChI=1S/C24H20N2O2/c1-25-20-11-7-6-10-19(20)21-22(16-12-14-18(28-2)15-13-16)26(24(27)23(21)25)17-8-4-3-5-9-17/h3-15,22H,1-2H3. The summed E-state index contributed by atoms with van der Waals surface area (Å²) in [5, 5.41) is 1.12. The Labute approximate surface area is 163 Å². The number of carbonyl (C=O) groups excluding carboxylic acids is 1. The van der Waals surface area contributed by atoms with Gasteiger partial charge in [0, 0.05) is 29.2 Å². The van der Waals surface area contributed by atoms with Gasteiger partial charge in [-0.25, -0.2) is 0 Å². The van der Waals surface area contributed by atoms with E-state index in [0.29, 0.717) is 0 Å². The van der Waals surface area contributed by atoms with Crippen LogP contribution in [0.25, 0.3) is 10.9 Å². The lowest BCUT2D eigenvalue weighted by atomic mass is 9.97. The van der Waals surface area contributed by atoms with Gasteiger partial charge in [-0.05, 0) is 35.9 Å². The Hall–Kier alpha value is -3.53. The van der Waals surface area contributed by atoms with Crippen LogP contribution in [0, 0.1) is 0 Å². The highest BCUT2D eigenvalue weighted by Crippen LogP contribution is 2.46. The number of benzene rings is 3. The summed E-state index contributed by atoms with van der Waals surface area (Å²) in [6.45, 7) is 0. The third-order valence-electron chi connectivity index (χ3n) is 5.57. The summed E-state index contributed by atoms with van der Waals surface area (Å²) >= 11 is 0. The number of fused-ring (bicyclic) bond motifs is 3. The van der Waals surface area contributed by atoms with E-state index in [1.165, 1.54) is 0 Å². The van der Waals surface area contributed by atoms with Gasteiger partial charge in [-0.2, -0.15) is 0 Å². The number of rotatable bonds is 3. The van der Waals surface area contributed by atoms with E-state index in [-0.39, 0.29) is 11.9 Å². The summed E-state index contributed by atoms with van der Waals surface area (Å²) in [5.74, 6) is 0.832. The number of hydrogen-bond donors (Lipinski definition) is 0. The highest BCUT2D eigenvalue weighted by molar-refractivity contribution is 6.15. The highest BCUT2D eigenvalue weighted by atomic mass is 16.5. The number of amides is 1. The van der Waals surface area contributed by atoms with Gasteiger partial charge in [-0.1, -0.05) is 48.5 Å². The van der Waals surface area contributed by atoms with Crippen LogP contribution in [0.4, 0.5) is 5.69 Å². The van der Waals surface area contributed by atoms with E-state index in [4.69, 9.17) is 4.74 Å². The first kappa shape index (κ1) is 16.6. The largest absolute Gasteiger partial charge is 0.497 e. The van der Waals surface area contributed by atoms with E-state index >= 15 is 0 Å². The molecular formula is C24H20N2O2. The van der Waals surface area contributed by atoms with Crippen LogP contribution in [-0.2, 0) is 7.05 Å². The minimum atomic E-state index is -0.179. The van der Waals surface area contributed by atoms with Gasteiger partial charge in [-0.15, -0.1) is 0 Å². The predicted molar refractivity (Wildman–Crippen MR) is 111 cm³/mol. The molecule has 28 heavy (non-hydrogen) atoms. The van der Waals surface area contributed by atoms with Crippen LogP contribution in [0.15, 0.2) is 78.9 Å². The molecule has 0 radical (unpaired) electrons. The molecule has 4 aromatic rings. The lowest BCUT2D eigenvalue weighted by Gasteiger charge is -2.26. The van der Waals surface area contributed by atoms with Crippen molar-refractivity contribution in [1.29, 1.82) is 0 Å². The molecule has 2 heterocycles. The van der Waals surface area contributed by atoms with Crippen molar-refractivity contribution in [2.45, 2.75) is 6.04 Å². The molecular weight excluding hydrogens is 348 g/mol. The quantitative estimate of drug-likeness (QED) is 0.513. The topological polar surface area (TPSA) is 34.5 Å². The zero-order valence-corrected chi connectivity index (χ0v) is 15.8. The number of nitrogens with zero attached hydrogens (tertiary/aromatic N) is 2. The molecule has 0 bridgehead atoms. The van der Waals surface area contributed by atoms with E-state index < -0.39 is 0 Å². The SMILES string of the molecule is COc1ccc(C2c3c(n(C)c4ccccc34)C(=O)N2c2ccccc2)cc1. The number of aromatic nitrogens is 1. The number of carbonyl (C=O) groups is 1. The average Bonchev–Trinajstić information content (AvgIpc) is 3.22. The van der Waals surface area contributed by atoms with Crippen molar-refractivity contribution in [2.24, 2.45) is 7.05 Å². The van der Waals surface area contributed by atoms with Crippen molar-refractivity contribution in [3.05, 3.63) is 95.7 Å². The van der Waals surface area contributed by atoms with Crippen LogP contribution in [0.1, 0.15) is 27.7 Å². The van der Waals surface area contributed by atoms with Crippen molar-refractivity contribution in [3.63, 3.8) is 0 Å². The summed E-state index contributed by atoms with van der Waals surface area (Å²) in [5.41, 5.74) is 4.86. The monoisotopic (exact) mass is 368 g/mol. The Morgan fingerprint density at radius 2 is 1.54 bits per heavy atom. The lowest BCUT2D eigenvalue weighted by molar-refractivity contribution is 0.0986. The van der Waals surface area contributed by atoms with E-state index in [1.807, 2.05) is 83.2 Å². The fraction of sp³-hybridized carbons (Fsp3) is 0.125. The summed E-state index contributed by atoms with van der Waals surface area (Å²) in [7, 11) is 3.63. The second-order valence-corrected chi connectivity index (χ2v) is 7.02. The molecule has 0 spiro atoms. The van der Waals surface area contributed by atoms with Gasteiger partial charge in [0.05, 0.1) is 13.2 Å². The second-order valence-electron chi connectivity index (χ2n) is 7.02. The third-order valence-corrected chi connectivity index (χ3v) is 5.57. The molecule has 4 heteroatoms. The van der Waals surface area contributed by atoms with Crippen LogP contribution < -0.4 is 9.64 Å². The van der Waals surface area contributed by atoms with Gasteiger partial charge in [0.25, 0.3) is 5.91 Å². The Bertz CT molecular complexity index is 1180. The molecule has 0 aliphatic carbocycles. The van der Waals surface area contributed by atoms with Crippen LogP contribution >= 0.6 is 0 Å². The van der Waals surface area contributed by atoms with E-state index in [1.54, 1.807) is 7.11 Å². The zero-order chi connectivity index (χ0) is 19.3. The van der Waals surface area contributed by atoms with E-state index in [9.17, 15) is 4.79 Å². The Kier molecular flexibility index (Phi) is 3.72. The summed E-state index contributed by atoms with van der Waals surface area (Å²) in [4.78, 5) is 15.5. The molecule has 0 saturated heterocycles. The number of ether oxygens (including phenoxy) is 1. The first-order chi connectivity index (χ1) is 13.7. The number of para-hydroxylation sites is 2. The maximum absolute atomic E-state index is 13.6. The minimum Gasteiger partial charge on any atom is -0.497 e. The summed E-state index contributed by atoms with van der Waals surface area (Å²) in [6, 6.07) is 25.9. The first-order valence-electron chi connectivity index (χ1n) is 9.30. The Balaban J connectivity index is 1.79. The number of hydrogen-bond acceptors (Lipinski definition) is 2. The molecule has 138 valence electrons. The maximum atomic E-state index is 13.6. The molecule has 1 unspecified atom stereocenters. The number of methoxy groups -OCH3 is 1. The summed E-state index contributed by atoms with van der Waals surface area (Å²) in [6.07, 6.45) is 0. The number of anilines is 1. The fourth-order valence-electron chi connectivity index (χ4n) is 4.28. The molecule has 0 N–H and O–H groups in total. The normalized spacial score (nSPS) is 15.9. The molecule has 4 nitrogen and oxygen atoms in total. The summed E-state index contributed by atoms with van der Waals surface area (Å²) < 4.78 is 7.34. The smallest absolute Gasteiger partial charge is 0.276 e. The molecule has 1 aliphatic rings. The van der Waals surface area contributed by atoms with Gasteiger partial charge in [0.15, 0.2) is 0 Å². The second kappa shape index (κ2) is 6.27. The molecule has 1 aliphatic heterocycles. The highest BCUT2D eigenvalue weighted by Gasteiger charge is 2.42. The molecule has 0 saturated carbocycles. The van der Waals surface area contributed by atoms with Gasteiger partial charge in [0.2, 0.25) is 0 Å². The lowest BCUT2D eigenvalue weighted by Crippen LogP contribution is -2.29. The van der Waals surface area contributed by atoms with Crippen LogP contribution in [0.2, 0.25) is 0 Å². The Morgan fingerprint density at radius 1 is 0.857 bits per heavy atom. The molecule has 1 aromatic heterocycles. The zero-order valence-electron chi connectivity index (χ0n) is 15.8. The fourth-order valence-corrected chi connectivity index (χ4v) is 4.28. The van der Waals surface area contributed by atoms with Crippen LogP contribution in [0.3, 0.4) is 0 Å². The minimum absolute atomic E-state index is 0.0284. The van der Waals surface area contributed by atoms with Crippen molar-refractivity contribution in [1.82, 2.24) is 4.57 Å². The molecule has 0 fully saturated rings. The predicted octanol–water partition coefficient (Wildman–Crippen LogP) is 4.94. The van der Waals surface area contributed by atoms with Gasteiger partial charge < -0.3 is 9.30 Å². The van der Waals surface area contributed by atoms with E-state index in [0.717, 1.165) is 39.2 Å². The molecule has 1 amide bonds. The van der Waals surface area contributed by atoms with Crippen molar-refractivity contribution < 1.29 is 9.53 Å². The van der Waals surface area contributed by atoms with Crippen molar-refractivity contribution in [3.8, 4) is 5.75 Å². The van der Waals surface area contributed by atoms with Gasteiger partial charge in [0.1, 0.15) is 11.4 Å². The average molecular weight is 368 g/mol. The van der Waals surface area contributed by atoms with E-state index in [2.05, 4.69) is 12.1 Å². The van der Waals surface area contributed by atoms with Crippen LogP contribution in [0.5, 0.6) is 5.75 Å². The van der Waals surface area contributed by atoms with Crippen molar-refractivity contribution in [2.75, 3.05) is 12.0 Å². The first-order valence-corrected chi connectivity index (χ1v) is 9.30. The maximum Gasteiger partial charge on any atom is 0.276 e. The molecule has 3 aromatic carbocycles. The van der Waals surface area contributed by atoms with Gasteiger partial charge >= 0.3 is 0 Å². The van der Waals surface area contributed by atoms with Gasteiger partial charge in [-0.3, -0.25) is 9.69 Å². The molecule has 1 atom stereocenters. The van der Waals surface area contributed by atoms with Crippen LogP contribution in [-0.4, -0.2) is 17.6 Å². The number of aryl methyl sites for hydroxylation is 1. The van der Waals surface area contributed by atoms with Crippen molar-refractivity contribution >= 4 is 22.5 Å².